The maximum absolute atomic E-state index is 12.7. The molecule has 0 atom stereocenters. The molecule has 1 heterocycles. The van der Waals surface area contributed by atoms with Crippen LogP contribution in [-0.2, 0) is 20.8 Å². The molecule has 0 spiro atoms. The molecule has 10 nitrogen and oxygen atoms in total. The van der Waals surface area contributed by atoms with Gasteiger partial charge in [0, 0.05) is 12.1 Å². The average Bonchev–Trinajstić information content (AvgIpc) is 3.08. The van der Waals surface area contributed by atoms with Crippen LogP contribution in [0.25, 0.3) is 10.2 Å². The largest absolute Gasteiger partial charge is 0.468 e. The third-order valence-electron chi connectivity index (χ3n) is 4.21. The monoisotopic (exact) mass is 463 g/mol. The number of benzene rings is 2. The van der Waals surface area contributed by atoms with E-state index in [1.54, 1.807) is 12.1 Å². The summed E-state index contributed by atoms with van der Waals surface area (Å²) in [6.07, 6.45) is 0. The molecule has 0 saturated carbocycles. The van der Waals surface area contributed by atoms with Crippen molar-refractivity contribution in [2.24, 2.45) is 4.99 Å². The molecule has 2 aromatic carbocycles. The lowest BCUT2D eigenvalue weighted by Crippen LogP contribution is -2.22. The fourth-order valence-corrected chi connectivity index (χ4v) is 3.95. The predicted octanol–water partition coefficient (Wildman–Crippen LogP) is 2.97. The summed E-state index contributed by atoms with van der Waals surface area (Å²) in [5.74, 6) is -1.96. The van der Waals surface area contributed by atoms with Crippen LogP contribution in [0, 0.1) is 10.1 Å². The van der Waals surface area contributed by atoms with Gasteiger partial charge in [-0.25, -0.2) is 4.79 Å². The lowest BCUT2D eigenvalue weighted by atomic mass is 10.2. The van der Waals surface area contributed by atoms with Gasteiger partial charge >= 0.3 is 11.9 Å². The Morgan fingerprint density at radius 2 is 1.90 bits per heavy atom. The minimum Gasteiger partial charge on any atom is -0.468 e. The van der Waals surface area contributed by atoms with Crippen LogP contribution in [0.15, 0.2) is 41.4 Å². The number of ether oxygens (including phenoxy) is 2. The predicted molar refractivity (Wildman–Crippen MR) is 111 cm³/mol. The number of amides is 1. The highest BCUT2D eigenvalue weighted by molar-refractivity contribution is 7.16. The summed E-state index contributed by atoms with van der Waals surface area (Å²) in [6, 6.07) is 8.08. The minimum absolute atomic E-state index is 0.00652. The third kappa shape index (κ3) is 4.62. The van der Waals surface area contributed by atoms with E-state index in [1.165, 1.54) is 37.0 Å². The first-order chi connectivity index (χ1) is 14.7. The average molecular weight is 464 g/mol. The van der Waals surface area contributed by atoms with E-state index >= 15 is 0 Å². The van der Waals surface area contributed by atoms with E-state index in [2.05, 4.69) is 4.99 Å². The molecule has 0 N–H and O–H groups in total. The zero-order valence-electron chi connectivity index (χ0n) is 16.2. The number of fused-ring (bicyclic) bond motifs is 1. The number of thiazole rings is 1. The van der Waals surface area contributed by atoms with Crippen molar-refractivity contribution in [2.45, 2.75) is 6.54 Å². The van der Waals surface area contributed by atoms with Crippen LogP contribution >= 0.6 is 22.9 Å². The van der Waals surface area contributed by atoms with Crippen molar-refractivity contribution in [3.8, 4) is 0 Å². The highest BCUT2D eigenvalue weighted by Crippen LogP contribution is 2.24. The molecule has 0 aliphatic heterocycles. The lowest BCUT2D eigenvalue weighted by Gasteiger charge is -2.04. The van der Waals surface area contributed by atoms with Crippen molar-refractivity contribution in [2.75, 3.05) is 14.2 Å². The van der Waals surface area contributed by atoms with Gasteiger partial charge < -0.3 is 14.0 Å². The van der Waals surface area contributed by atoms with Crippen LogP contribution in [0.2, 0.25) is 5.02 Å². The normalized spacial score (nSPS) is 11.4. The number of rotatable bonds is 5. The molecule has 3 aromatic rings. The van der Waals surface area contributed by atoms with E-state index in [4.69, 9.17) is 21.1 Å². The Hall–Kier alpha value is -3.57. The fourth-order valence-electron chi connectivity index (χ4n) is 2.69. The smallest absolute Gasteiger partial charge is 0.337 e. The molecule has 0 aliphatic carbocycles. The van der Waals surface area contributed by atoms with E-state index in [0.717, 1.165) is 17.4 Å². The van der Waals surface area contributed by atoms with Crippen LogP contribution in [0.5, 0.6) is 0 Å². The van der Waals surface area contributed by atoms with Gasteiger partial charge in [0.15, 0.2) is 4.80 Å². The maximum Gasteiger partial charge on any atom is 0.337 e. The topological polar surface area (TPSA) is 130 Å². The number of methoxy groups -OCH3 is 2. The van der Waals surface area contributed by atoms with Crippen molar-refractivity contribution in [3.63, 3.8) is 0 Å². The highest BCUT2D eigenvalue weighted by atomic mass is 35.5. The molecular formula is C19H14ClN3O7S. The third-order valence-corrected chi connectivity index (χ3v) is 5.58. The van der Waals surface area contributed by atoms with Gasteiger partial charge in [0.25, 0.3) is 11.6 Å². The quantitative estimate of drug-likeness (QED) is 0.323. The number of nitro groups is 1. The van der Waals surface area contributed by atoms with Crippen molar-refractivity contribution in [1.29, 1.82) is 0 Å². The maximum atomic E-state index is 12.7. The molecule has 0 fully saturated rings. The fraction of sp³-hybridized carbons (Fsp3) is 0.158. The number of nitro benzene ring substituents is 1. The first kappa shape index (κ1) is 22.1. The van der Waals surface area contributed by atoms with Crippen LogP contribution in [-0.4, -0.2) is 41.6 Å². The Labute approximate surface area is 183 Å². The minimum atomic E-state index is -0.827. The zero-order valence-corrected chi connectivity index (χ0v) is 17.7. The van der Waals surface area contributed by atoms with Crippen molar-refractivity contribution in [3.05, 3.63) is 67.5 Å². The Morgan fingerprint density at radius 3 is 2.55 bits per heavy atom. The molecule has 160 valence electrons. The molecule has 12 heteroatoms. The number of halogens is 1. The number of esters is 2. The van der Waals surface area contributed by atoms with E-state index in [-0.39, 0.29) is 33.2 Å². The number of nitrogens with zero attached hydrogens (tertiary/aromatic N) is 3. The van der Waals surface area contributed by atoms with E-state index < -0.39 is 22.8 Å². The lowest BCUT2D eigenvalue weighted by molar-refractivity contribution is -0.384. The molecule has 0 aliphatic rings. The second-order valence-corrected chi connectivity index (χ2v) is 7.48. The zero-order chi connectivity index (χ0) is 22.7. The van der Waals surface area contributed by atoms with Gasteiger partial charge in [-0.1, -0.05) is 22.9 Å². The molecule has 1 amide bonds. The summed E-state index contributed by atoms with van der Waals surface area (Å²) in [4.78, 5) is 50.9. The molecule has 31 heavy (non-hydrogen) atoms. The van der Waals surface area contributed by atoms with Gasteiger partial charge in [-0.3, -0.25) is 19.7 Å². The molecule has 0 unspecified atom stereocenters. The molecule has 0 saturated heterocycles. The molecule has 0 radical (unpaired) electrons. The number of non-ortho nitro benzene ring substituents is 1. The summed E-state index contributed by atoms with van der Waals surface area (Å²) in [5, 5.41) is 11.0. The van der Waals surface area contributed by atoms with Crippen LogP contribution < -0.4 is 4.80 Å². The second kappa shape index (κ2) is 9.06. The van der Waals surface area contributed by atoms with Gasteiger partial charge in [0.2, 0.25) is 0 Å². The van der Waals surface area contributed by atoms with Gasteiger partial charge in [-0.05, 0) is 24.3 Å². The van der Waals surface area contributed by atoms with Crippen LogP contribution in [0.1, 0.15) is 20.7 Å². The van der Waals surface area contributed by atoms with Crippen LogP contribution in [0.3, 0.4) is 0 Å². The second-order valence-electron chi connectivity index (χ2n) is 6.06. The Balaban J connectivity index is 2.18. The molecule has 1 aromatic heterocycles. The summed E-state index contributed by atoms with van der Waals surface area (Å²) in [5.41, 5.74) is 0.332. The van der Waals surface area contributed by atoms with Crippen molar-refractivity contribution >= 4 is 56.7 Å². The van der Waals surface area contributed by atoms with Gasteiger partial charge in [-0.15, -0.1) is 0 Å². The Bertz CT molecular complexity index is 1300. The van der Waals surface area contributed by atoms with Gasteiger partial charge in [0.1, 0.15) is 6.54 Å². The Morgan fingerprint density at radius 1 is 1.16 bits per heavy atom. The van der Waals surface area contributed by atoms with Crippen LogP contribution in [0.4, 0.5) is 5.69 Å². The summed E-state index contributed by atoms with van der Waals surface area (Å²) < 4.78 is 11.4. The number of hydrogen-bond donors (Lipinski definition) is 0. The van der Waals surface area contributed by atoms with Crippen molar-refractivity contribution < 1.29 is 28.8 Å². The number of hydrogen-bond acceptors (Lipinski definition) is 8. The van der Waals surface area contributed by atoms with Crippen molar-refractivity contribution in [1.82, 2.24) is 4.57 Å². The number of aromatic nitrogens is 1. The SMILES string of the molecule is COC(=O)Cn1c(=NC(=O)c2cc([N+](=O)[O-])ccc2Cl)sc2cc(C(=O)OC)ccc21. The molecule has 3 rings (SSSR count). The first-order valence-electron chi connectivity index (χ1n) is 8.56. The van der Waals surface area contributed by atoms with Gasteiger partial charge in [-0.2, -0.15) is 4.99 Å². The highest BCUT2D eigenvalue weighted by Gasteiger charge is 2.18. The standard InChI is InChI=1S/C19H14ClN3O7S/c1-29-16(24)9-22-14-6-3-10(18(26)30-2)7-15(14)31-19(22)21-17(25)12-8-11(23(27)28)4-5-13(12)20/h3-8H,9H2,1-2H3. The number of carbonyl (C=O) groups is 3. The van der Waals surface area contributed by atoms with E-state index in [1.807, 2.05) is 0 Å². The summed E-state index contributed by atoms with van der Waals surface area (Å²) in [7, 11) is 2.47. The molecular weight excluding hydrogens is 450 g/mol. The van der Waals surface area contributed by atoms with E-state index in [9.17, 15) is 24.5 Å². The Kier molecular flexibility index (Phi) is 6.47. The number of carbonyl (C=O) groups excluding carboxylic acids is 3. The first-order valence-corrected chi connectivity index (χ1v) is 9.76. The molecule has 0 bridgehead atoms. The summed E-state index contributed by atoms with van der Waals surface area (Å²) >= 11 is 7.07. The van der Waals surface area contributed by atoms with Gasteiger partial charge in [0.05, 0.1) is 45.5 Å². The summed E-state index contributed by atoms with van der Waals surface area (Å²) in [6.45, 7) is -0.247. The van der Waals surface area contributed by atoms with E-state index in [0.29, 0.717) is 10.2 Å².